The largest absolute Gasteiger partial charge is 0.468 e. The van der Waals surface area contributed by atoms with E-state index in [0.29, 0.717) is 12.0 Å². The maximum absolute atomic E-state index is 5.54. The summed E-state index contributed by atoms with van der Waals surface area (Å²) in [6.07, 6.45) is 4.09. The second kappa shape index (κ2) is 4.99. The van der Waals surface area contributed by atoms with E-state index in [1.807, 2.05) is 6.07 Å². The van der Waals surface area contributed by atoms with Gasteiger partial charge in [-0.2, -0.15) is 0 Å². The van der Waals surface area contributed by atoms with Crippen LogP contribution in [0.25, 0.3) is 0 Å². The molecule has 2 nitrogen and oxygen atoms in total. The molecule has 94 valence electrons. The summed E-state index contributed by atoms with van der Waals surface area (Å²) in [6, 6.07) is 13.1. The zero-order valence-electron chi connectivity index (χ0n) is 10.7. The van der Waals surface area contributed by atoms with Crippen LogP contribution in [0.3, 0.4) is 0 Å². The number of furan rings is 1. The van der Waals surface area contributed by atoms with Crippen molar-refractivity contribution < 1.29 is 4.42 Å². The van der Waals surface area contributed by atoms with Gasteiger partial charge in [0.2, 0.25) is 0 Å². The van der Waals surface area contributed by atoms with Gasteiger partial charge in [-0.25, -0.2) is 0 Å². The monoisotopic (exact) mass is 241 g/mol. The van der Waals surface area contributed by atoms with Gasteiger partial charge in [0, 0.05) is 0 Å². The lowest BCUT2D eigenvalue weighted by Gasteiger charge is -2.32. The molecule has 2 unspecified atom stereocenters. The Morgan fingerprint density at radius 2 is 2.17 bits per heavy atom. The van der Waals surface area contributed by atoms with E-state index in [-0.39, 0.29) is 0 Å². The van der Waals surface area contributed by atoms with Gasteiger partial charge in [-0.05, 0) is 48.6 Å². The Bertz CT molecular complexity index is 504. The molecular formula is C16H19NO. The summed E-state index contributed by atoms with van der Waals surface area (Å²) >= 11 is 0. The van der Waals surface area contributed by atoms with E-state index in [0.717, 1.165) is 18.7 Å². The summed E-state index contributed by atoms with van der Waals surface area (Å²) in [5.74, 6) is 1.73. The quantitative estimate of drug-likeness (QED) is 0.864. The predicted molar refractivity (Wildman–Crippen MR) is 72.6 cm³/mol. The normalized spacial score (nSPS) is 19.1. The van der Waals surface area contributed by atoms with Crippen molar-refractivity contribution in [3.8, 4) is 0 Å². The number of benzene rings is 1. The molecule has 0 radical (unpaired) electrons. The molecule has 1 aromatic carbocycles. The van der Waals surface area contributed by atoms with Gasteiger partial charge in [0.1, 0.15) is 5.76 Å². The van der Waals surface area contributed by atoms with Gasteiger partial charge in [-0.1, -0.05) is 31.2 Å². The Hall–Kier alpha value is -1.54. The molecule has 1 aliphatic carbocycles. The molecule has 0 saturated heterocycles. The first kappa shape index (κ1) is 11.5. The lowest BCUT2D eigenvalue weighted by atomic mass is 9.74. The Labute approximate surface area is 108 Å². The molecule has 1 N–H and O–H groups in total. The molecule has 2 atom stereocenters. The molecule has 3 rings (SSSR count). The fraction of sp³-hybridized carbons (Fsp3) is 0.375. The highest BCUT2D eigenvalue weighted by Crippen LogP contribution is 2.40. The molecule has 0 fully saturated rings. The lowest BCUT2D eigenvalue weighted by molar-refractivity contribution is 0.367. The molecule has 0 saturated carbocycles. The second-order valence-electron chi connectivity index (χ2n) is 4.96. The van der Waals surface area contributed by atoms with Crippen molar-refractivity contribution in [3.05, 3.63) is 59.5 Å². The first-order valence-electron chi connectivity index (χ1n) is 6.73. The molecule has 1 aliphatic rings. The van der Waals surface area contributed by atoms with Crippen LogP contribution in [-0.2, 0) is 6.42 Å². The minimum atomic E-state index is 0.336. The molecule has 0 aliphatic heterocycles. The standard InChI is InChI=1S/C16H19NO/c1-2-17-15(16-8-5-9-18-16)11-13-10-12-6-3-4-7-14(12)13/h3-9,13,15,17H,2,10-11H2,1H3. The summed E-state index contributed by atoms with van der Waals surface area (Å²) in [5.41, 5.74) is 3.03. The van der Waals surface area contributed by atoms with E-state index >= 15 is 0 Å². The molecule has 2 heteroatoms. The van der Waals surface area contributed by atoms with Gasteiger partial charge < -0.3 is 9.73 Å². The fourth-order valence-electron chi connectivity index (χ4n) is 2.89. The molecule has 0 spiro atoms. The van der Waals surface area contributed by atoms with Gasteiger partial charge in [0.05, 0.1) is 12.3 Å². The molecular weight excluding hydrogens is 222 g/mol. The highest BCUT2D eigenvalue weighted by Gasteiger charge is 2.29. The van der Waals surface area contributed by atoms with Crippen molar-refractivity contribution in [2.45, 2.75) is 31.7 Å². The summed E-state index contributed by atoms with van der Waals surface area (Å²) in [5, 5.41) is 3.52. The Morgan fingerprint density at radius 3 is 2.89 bits per heavy atom. The maximum atomic E-state index is 5.54. The first-order valence-corrected chi connectivity index (χ1v) is 6.73. The molecule has 1 heterocycles. The molecule has 2 aromatic rings. The Kier molecular flexibility index (Phi) is 3.20. The van der Waals surface area contributed by atoms with Crippen LogP contribution in [0.4, 0.5) is 0 Å². The third-order valence-corrected chi connectivity index (χ3v) is 3.82. The summed E-state index contributed by atoms with van der Waals surface area (Å²) in [7, 11) is 0. The van der Waals surface area contributed by atoms with Gasteiger partial charge in [0.25, 0.3) is 0 Å². The molecule has 0 bridgehead atoms. The summed E-state index contributed by atoms with van der Waals surface area (Å²) in [6.45, 7) is 3.12. The topological polar surface area (TPSA) is 25.2 Å². The van der Waals surface area contributed by atoms with Crippen LogP contribution in [0, 0.1) is 0 Å². The summed E-state index contributed by atoms with van der Waals surface area (Å²) in [4.78, 5) is 0. The van der Waals surface area contributed by atoms with Crippen molar-refractivity contribution in [3.63, 3.8) is 0 Å². The predicted octanol–water partition coefficient (Wildman–Crippen LogP) is 3.66. The highest BCUT2D eigenvalue weighted by atomic mass is 16.3. The van der Waals surface area contributed by atoms with Crippen molar-refractivity contribution in [1.82, 2.24) is 5.32 Å². The number of hydrogen-bond donors (Lipinski definition) is 1. The highest BCUT2D eigenvalue weighted by molar-refractivity contribution is 5.40. The lowest BCUT2D eigenvalue weighted by Crippen LogP contribution is -2.26. The van der Waals surface area contributed by atoms with Crippen LogP contribution >= 0.6 is 0 Å². The van der Waals surface area contributed by atoms with Gasteiger partial charge in [-0.15, -0.1) is 0 Å². The Morgan fingerprint density at radius 1 is 1.28 bits per heavy atom. The van der Waals surface area contributed by atoms with Crippen LogP contribution in [0.2, 0.25) is 0 Å². The van der Waals surface area contributed by atoms with Crippen LogP contribution < -0.4 is 5.32 Å². The van der Waals surface area contributed by atoms with Crippen LogP contribution in [-0.4, -0.2) is 6.54 Å². The second-order valence-corrected chi connectivity index (χ2v) is 4.96. The minimum Gasteiger partial charge on any atom is -0.468 e. The third-order valence-electron chi connectivity index (χ3n) is 3.82. The number of hydrogen-bond acceptors (Lipinski definition) is 2. The Balaban J connectivity index is 1.72. The smallest absolute Gasteiger partial charge is 0.120 e. The van der Waals surface area contributed by atoms with Gasteiger partial charge in [0.15, 0.2) is 0 Å². The number of nitrogens with one attached hydrogen (secondary N) is 1. The van der Waals surface area contributed by atoms with Crippen LogP contribution in [0.15, 0.2) is 47.1 Å². The molecule has 18 heavy (non-hydrogen) atoms. The average molecular weight is 241 g/mol. The molecule has 0 amide bonds. The average Bonchev–Trinajstić information content (AvgIpc) is 2.88. The number of rotatable bonds is 5. The minimum absolute atomic E-state index is 0.336. The van der Waals surface area contributed by atoms with E-state index in [4.69, 9.17) is 4.42 Å². The van der Waals surface area contributed by atoms with E-state index in [1.165, 1.54) is 17.5 Å². The van der Waals surface area contributed by atoms with Crippen molar-refractivity contribution in [2.24, 2.45) is 0 Å². The van der Waals surface area contributed by atoms with Crippen LogP contribution in [0.1, 0.15) is 42.2 Å². The van der Waals surface area contributed by atoms with E-state index in [1.54, 1.807) is 6.26 Å². The third kappa shape index (κ3) is 2.08. The van der Waals surface area contributed by atoms with Crippen molar-refractivity contribution >= 4 is 0 Å². The van der Waals surface area contributed by atoms with Gasteiger partial charge >= 0.3 is 0 Å². The van der Waals surface area contributed by atoms with Crippen molar-refractivity contribution in [2.75, 3.05) is 6.54 Å². The van der Waals surface area contributed by atoms with Crippen LogP contribution in [0.5, 0.6) is 0 Å². The van der Waals surface area contributed by atoms with E-state index in [2.05, 4.69) is 42.6 Å². The molecule has 1 aromatic heterocycles. The zero-order valence-corrected chi connectivity index (χ0v) is 10.7. The summed E-state index contributed by atoms with van der Waals surface area (Å²) < 4.78 is 5.54. The van der Waals surface area contributed by atoms with E-state index < -0.39 is 0 Å². The number of fused-ring (bicyclic) bond motifs is 1. The maximum Gasteiger partial charge on any atom is 0.120 e. The van der Waals surface area contributed by atoms with E-state index in [9.17, 15) is 0 Å². The fourth-order valence-corrected chi connectivity index (χ4v) is 2.89. The van der Waals surface area contributed by atoms with Crippen molar-refractivity contribution in [1.29, 1.82) is 0 Å². The first-order chi connectivity index (χ1) is 8.88. The zero-order chi connectivity index (χ0) is 12.4. The van der Waals surface area contributed by atoms with Gasteiger partial charge in [-0.3, -0.25) is 0 Å². The SMILES string of the molecule is CCNC(CC1Cc2ccccc21)c1ccco1.